The average Bonchev–Trinajstić information content (AvgIpc) is 2.77. The standard InChI is InChI=1S/C23H29N3O5S/c1-16-8-7-11-20(17(16)2)31-18(3)22(27)24-25-23(28)21(19-9-5-4-6-10-19)26-12-14-32(29,30)15-13-26/h4-11,18,21H,12-15H2,1-3H3,(H,24,27)(H,25,28). The van der Waals surface area contributed by atoms with Gasteiger partial charge in [0.15, 0.2) is 15.9 Å². The minimum absolute atomic E-state index is 0.00328. The van der Waals surface area contributed by atoms with Crippen molar-refractivity contribution >= 4 is 21.7 Å². The predicted octanol–water partition coefficient (Wildman–Crippen LogP) is 1.69. The summed E-state index contributed by atoms with van der Waals surface area (Å²) in [6, 6.07) is 14.0. The van der Waals surface area contributed by atoms with Gasteiger partial charge in [0.05, 0.1) is 11.5 Å². The second-order valence-electron chi connectivity index (χ2n) is 7.94. The molecule has 2 aromatic carbocycles. The highest BCUT2D eigenvalue weighted by Gasteiger charge is 2.33. The summed E-state index contributed by atoms with van der Waals surface area (Å²) in [6.07, 6.45) is -0.828. The van der Waals surface area contributed by atoms with Crippen molar-refractivity contribution in [2.45, 2.75) is 32.9 Å². The molecule has 2 atom stereocenters. The molecule has 32 heavy (non-hydrogen) atoms. The first-order chi connectivity index (χ1) is 15.2. The third-order valence-corrected chi connectivity index (χ3v) is 7.25. The number of benzene rings is 2. The highest BCUT2D eigenvalue weighted by molar-refractivity contribution is 7.91. The Bertz CT molecular complexity index is 1060. The van der Waals surface area contributed by atoms with Gasteiger partial charge in [-0.15, -0.1) is 0 Å². The Balaban J connectivity index is 1.65. The molecule has 172 valence electrons. The zero-order valence-corrected chi connectivity index (χ0v) is 19.3. The van der Waals surface area contributed by atoms with Gasteiger partial charge in [-0.1, -0.05) is 42.5 Å². The quantitative estimate of drug-likeness (QED) is 0.637. The molecule has 2 aromatic rings. The molecule has 0 saturated carbocycles. The number of ether oxygens (including phenoxy) is 1. The summed E-state index contributed by atoms with van der Waals surface area (Å²) >= 11 is 0. The normalized spacial score (nSPS) is 17.7. The van der Waals surface area contributed by atoms with E-state index < -0.39 is 33.8 Å². The second kappa shape index (κ2) is 10.1. The molecule has 2 N–H and O–H groups in total. The molecule has 2 amide bonds. The molecule has 0 spiro atoms. The number of carbonyl (C=O) groups is 2. The molecule has 0 aromatic heterocycles. The van der Waals surface area contributed by atoms with Crippen LogP contribution >= 0.6 is 0 Å². The van der Waals surface area contributed by atoms with Crippen molar-refractivity contribution < 1.29 is 22.7 Å². The number of rotatable bonds is 6. The maximum Gasteiger partial charge on any atom is 0.279 e. The molecule has 8 nitrogen and oxygen atoms in total. The molecular formula is C23H29N3O5S. The molecule has 1 fully saturated rings. The maximum atomic E-state index is 13.0. The Kier molecular flexibility index (Phi) is 7.52. The van der Waals surface area contributed by atoms with Crippen molar-refractivity contribution in [3.8, 4) is 5.75 Å². The van der Waals surface area contributed by atoms with Gasteiger partial charge in [0.25, 0.3) is 11.8 Å². The summed E-state index contributed by atoms with van der Waals surface area (Å²) in [5.74, 6) is -0.335. The van der Waals surface area contributed by atoms with Gasteiger partial charge in [0.2, 0.25) is 0 Å². The monoisotopic (exact) mass is 459 g/mol. The fourth-order valence-corrected chi connectivity index (χ4v) is 4.77. The van der Waals surface area contributed by atoms with Gasteiger partial charge in [-0.25, -0.2) is 8.42 Å². The number of hydrogen-bond acceptors (Lipinski definition) is 6. The smallest absolute Gasteiger partial charge is 0.279 e. The SMILES string of the molecule is Cc1cccc(OC(C)C(=O)NNC(=O)C(c2ccccc2)N2CCS(=O)(=O)CC2)c1C. The van der Waals surface area contributed by atoms with Gasteiger partial charge < -0.3 is 4.74 Å². The lowest BCUT2D eigenvalue weighted by molar-refractivity contribution is -0.135. The minimum atomic E-state index is -3.09. The van der Waals surface area contributed by atoms with Crippen LogP contribution in [0.2, 0.25) is 0 Å². The highest BCUT2D eigenvalue weighted by atomic mass is 32.2. The van der Waals surface area contributed by atoms with Crippen molar-refractivity contribution in [2.24, 2.45) is 0 Å². The lowest BCUT2D eigenvalue weighted by Gasteiger charge is -2.33. The molecule has 0 radical (unpaired) electrons. The molecule has 3 rings (SSSR count). The fraction of sp³-hybridized carbons (Fsp3) is 0.391. The molecule has 9 heteroatoms. The molecule has 0 bridgehead atoms. The van der Waals surface area contributed by atoms with Crippen LogP contribution in [0.1, 0.15) is 29.7 Å². The molecular weight excluding hydrogens is 430 g/mol. The fourth-order valence-electron chi connectivity index (χ4n) is 3.54. The van der Waals surface area contributed by atoms with Crippen LogP contribution < -0.4 is 15.6 Å². The van der Waals surface area contributed by atoms with Crippen molar-refractivity contribution in [1.29, 1.82) is 0 Å². The summed E-state index contributed by atoms with van der Waals surface area (Å²) in [7, 11) is -3.09. The van der Waals surface area contributed by atoms with Crippen molar-refractivity contribution in [1.82, 2.24) is 15.8 Å². The number of aryl methyl sites for hydroxylation is 1. The van der Waals surface area contributed by atoms with Crippen LogP contribution in [0.25, 0.3) is 0 Å². The third kappa shape index (κ3) is 5.86. The molecule has 1 aliphatic heterocycles. The number of nitrogens with zero attached hydrogens (tertiary/aromatic N) is 1. The van der Waals surface area contributed by atoms with Crippen LogP contribution in [-0.2, 0) is 19.4 Å². The van der Waals surface area contributed by atoms with Crippen molar-refractivity contribution in [3.63, 3.8) is 0 Å². The van der Waals surface area contributed by atoms with Crippen LogP contribution in [0.4, 0.5) is 0 Å². The van der Waals surface area contributed by atoms with Crippen molar-refractivity contribution in [3.05, 3.63) is 65.2 Å². The van der Waals surface area contributed by atoms with Gasteiger partial charge >= 0.3 is 0 Å². The van der Waals surface area contributed by atoms with Crippen LogP contribution in [0.15, 0.2) is 48.5 Å². The minimum Gasteiger partial charge on any atom is -0.481 e. The van der Waals surface area contributed by atoms with E-state index in [0.29, 0.717) is 5.75 Å². The Morgan fingerprint density at radius 3 is 2.22 bits per heavy atom. The number of hydrazine groups is 1. The summed E-state index contributed by atoms with van der Waals surface area (Å²) in [6.45, 7) is 5.97. The first-order valence-electron chi connectivity index (χ1n) is 10.5. The van der Waals surface area contributed by atoms with E-state index in [9.17, 15) is 18.0 Å². The molecule has 1 saturated heterocycles. The molecule has 0 aliphatic carbocycles. The molecule has 1 heterocycles. The first-order valence-corrected chi connectivity index (χ1v) is 12.3. The maximum absolute atomic E-state index is 13.0. The van der Waals surface area contributed by atoms with Crippen LogP contribution in [0.3, 0.4) is 0 Å². The zero-order valence-electron chi connectivity index (χ0n) is 18.5. The predicted molar refractivity (Wildman–Crippen MR) is 122 cm³/mol. The number of amides is 2. The molecule has 1 aliphatic rings. The van der Waals surface area contributed by atoms with E-state index in [1.807, 2.05) is 49.1 Å². The van der Waals surface area contributed by atoms with E-state index in [2.05, 4.69) is 10.9 Å². The summed E-state index contributed by atoms with van der Waals surface area (Å²) < 4.78 is 29.4. The first kappa shape index (κ1) is 23.7. The average molecular weight is 460 g/mol. The highest BCUT2D eigenvalue weighted by Crippen LogP contribution is 2.23. The summed E-state index contributed by atoms with van der Waals surface area (Å²) in [4.78, 5) is 27.4. The zero-order chi connectivity index (χ0) is 23.3. The van der Waals surface area contributed by atoms with E-state index in [-0.39, 0.29) is 24.6 Å². The molecule has 2 unspecified atom stereocenters. The van der Waals surface area contributed by atoms with Gasteiger partial charge in [0, 0.05) is 13.1 Å². The van der Waals surface area contributed by atoms with E-state index in [1.54, 1.807) is 25.1 Å². The third-order valence-electron chi connectivity index (χ3n) is 5.64. The lowest BCUT2D eigenvalue weighted by atomic mass is 10.0. The summed E-state index contributed by atoms with van der Waals surface area (Å²) in [5.41, 5.74) is 7.63. The van der Waals surface area contributed by atoms with E-state index in [1.165, 1.54) is 0 Å². The second-order valence-corrected chi connectivity index (χ2v) is 10.2. The van der Waals surface area contributed by atoms with Crippen molar-refractivity contribution in [2.75, 3.05) is 24.6 Å². The number of nitrogens with one attached hydrogen (secondary N) is 2. The van der Waals surface area contributed by atoms with Crippen LogP contribution in [0.5, 0.6) is 5.75 Å². The van der Waals surface area contributed by atoms with Gasteiger partial charge in [0.1, 0.15) is 11.8 Å². The van der Waals surface area contributed by atoms with Gasteiger partial charge in [-0.2, -0.15) is 0 Å². The Labute approximate surface area is 188 Å². The summed E-state index contributed by atoms with van der Waals surface area (Å²) in [5, 5.41) is 0. The van der Waals surface area contributed by atoms with E-state index >= 15 is 0 Å². The number of sulfone groups is 1. The Morgan fingerprint density at radius 2 is 1.56 bits per heavy atom. The number of carbonyl (C=O) groups excluding carboxylic acids is 2. The lowest BCUT2D eigenvalue weighted by Crippen LogP contribution is -2.53. The largest absolute Gasteiger partial charge is 0.481 e. The van der Waals surface area contributed by atoms with Gasteiger partial charge in [-0.05, 0) is 43.5 Å². The van der Waals surface area contributed by atoms with E-state index in [0.717, 1.165) is 16.7 Å². The van der Waals surface area contributed by atoms with Gasteiger partial charge in [-0.3, -0.25) is 25.3 Å². The Hall–Kier alpha value is -2.91. The number of hydrogen-bond donors (Lipinski definition) is 2. The Morgan fingerprint density at radius 1 is 0.938 bits per heavy atom. The van der Waals surface area contributed by atoms with E-state index in [4.69, 9.17) is 4.74 Å². The topological polar surface area (TPSA) is 105 Å². The van der Waals surface area contributed by atoms with Crippen LogP contribution in [0, 0.1) is 13.8 Å². The van der Waals surface area contributed by atoms with Crippen LogP contribution in [-0.4, -0.2) is 55.8 Å².